The molecule has 5 aromatic rings. The Morgan fingerprint density at radius 3 is 2.50 bits per heavy atom. The number of benzene rings is 2. The van der Waals surface area contributed by atoms with Crippen molar-refractivity contribution in [3.05, 3.63) is 71.4 Å². The number of aromatic nitrogens is 8. The second-order valence-corrected chi connectivity index (χ2v) is 8.74. The van der Waals surface area contributed by atoms with Crippen molar-refractivity contribution < 1.29 is 17.9 Å². The van der Waals surface area contributed by atoms with Crippen molar-refractivity contribution in [1.29, 1.82) is 0 Å². The summed E-state index contributed by atoms with van der Waals surface area (Å²) in [6.07, 6.45) is 1.47. The first kappa shape index (κ1) is 25.5. The molecule has 3 aromatic heterocycles. The number of anilines is 1. The number of nitrogens with zero attached hydrogens (tertiary/aromatic N) is 6. The van der Waals surface area contributed by atoms with Crippen LogP contribution < -0.4 is 15.4 Å². The highest BCUT2D eigenvalue weighted by Crippen LogP contribution is 2.30. The van der Waals surface area contributed by atoms with Crippen LogP contribution in [0, 0.1) is 0 Å². The first-order valence-electron chi connectivity index (χ1n) is 11.6. The van der Waals surface area contributed by atoms with Crippen molar-refractivity contribution in [3.8, 4) is 11.4 Å². The van der Waals surface area contributed by atoms with Crippen molar-refractivity contribution in [3.63, 3.8) is 0 Å². The van der Waals surface area contributed by atoms with E-state index in [-0.39, 0.29) is 5.02 Å². The molecule has 0 aliphatic carbocycles. The molecule has 4 N–H and O–H groups in total. The zero-order valence-electron chi connectivity index (χ0n) is 19.8. The Morgan fingerprint density at radius 2 is 1.76 bits per heavy atom. The van der Waals surface area contributed by atoms with Crippen molar-refractivity contribution in [2.45, 2.75) is 25.7 Å². The predicted molar refractivity (Wildman–Crippen MR) is 133 cm³/mol. The van der Waals surface area contributed by atoms with E-state index < -0.39 is 12.1 Å². The van der Waals surface area contributed by atoms with Gasteiger partial charge in [0.05, 0.1) is 22.4 Å². The SMILES string of the molecule is FC(F)(F)Oc1ccc(CNCCc2nnc(CCNc3cc(-n4cnnc4)cc4[nH]ncc34)[nH]2)cc1Cl. The largest absolute Gasteiger partial charge is 0.573 e. The monoisotopic (exact) mass is 546 g/mol. The Labute approximate surface area is 218 Å². The summed E-state index contributed by atoms with van der Waals surface area (Å²) in [5, 5.41) is 30.7. The van der Waals surface area contributed by atoms with Crippen LogP contribution in [0.5, 0.6) is 5.75 Å². The standard InChI is InChI=1S/C23H22ClF3N10O/c24-17-7-14(1-2-20(17)38-23(25,26)27)10-28-5-3-21-33-22(36-35-21)4-6-29-18-8-15(37-12-31-32-13-37)9-19-16(18)11-30-34-19/h1-2,7-9,11-13,28-29H,3-6,10H2,(H,30,34)(H,33,35,36). The highest BCUT2D eigenvalue weighted by molar-refractivity contribution is 6.32. The van der Waals surface area contributed by atoms with Crippen LogP contribution >= 0.6 is 11.6 Å². The van der Waals surface area contributed by atoms with Crippen LogP contribution in [0.15, 0.2) is 49.2 Å². The van der Waals surface area contributed by atoms with Crippen molar-refractivity contribution in [1.82, 2.24) is 45.5 Å². The van der Waals surface area contributed by atoms with Gasteiger partial charge in [-0.3, -0.25) is 9.67 Å². The van der Waals surface area contributed by atoms with E-state index in [0.29, 0.717) is 32.5 Å². The van der Waals surface area contributed by atoms with E-state index in [2.05, 4.69) is 50.9 Å². The molecule has 38 heavy (non-hydrogen) atoms. The lowest BCUT2D eigenvalue weighted by atomic mass is 10.2. The van der Waals surface area contributed by atoms with Crippen LogP contribution in [0.4, 0.5) is 18.9 Å². The topological polar surface area (TPSA) is 134 Å². The average Bonchev–Trinajstić information content (AvgIpc) is 3.64. The second kappa shape index (κ2) is 11.1. The zero-order valence-corrected chi connectivity index (χ0v) is 20.5. The van der Waals surface area contributed by atoms with Crippen molar-refractivity contribution in [2.75, 3.05) is 18.4 Å². The Bertz CT molecular complexity index is 1500. The lowest BCUT2D eigenvalue weighted by molar-refractivity contribution is -0.274. The van der Waals surface area contributed by atoms with Crippen molar-refractivity contribution in [2.24, 2.45) is 0 Å². The van der Waals surface area contributed by atoms with Gasteiger partial charge in [0.25, 0.3) is 0 Å². The number of fused-ring (bicyclic) bond motifs is 1. The minimum atomic E-state index is -4.79. The maximum Gasteiger partial charge on any atom is 0.573 e. The Balaban J connectivity index is 1.09. The maximum atomic E-state index is 12.4. The molecule has 198 valence electrons. The van der Waals surface area contributed by atoms with Gasteiger partial charge in [-0.1, -0.05) is 17.7 Å². The number of hydrogen-bond acceptors (Lipinski definition) is 8. The van der Waals surface area contributed by atoms with Crippen LogP contribution in [0.2, 0.25) is 5.02 Å². The van der Waals surface area contributed by atoms with Crippen LogP contribution in [0.1, 0.15) is 17.2 Å². The number of nitrogens with one attached hydrogen (secondary N) is 4. The second-order valence-electron chi connectivity index (χ2n) is 8.33. The molecule has 0 aliphatic rings. The predicted octanol–water partition coefficient (Wildman–Crippen LogP) is 3.80. The van der Waals surface area contributed by atoms with Gasteiger partial charge < -0.3 is 20.4 Å². The number of halogens is 4. The van der Waals surface area contributed by atoms with Crippen LogP contribution in [0.3, 0.4) is 0 Å². The number of H-pyrrole nitrogens is 2. The van der Waals surface area contributed by atoms with E-state index in [4.69, 9.17) is 11.6 Å². The lowest BCUT2D eigenvalue weighted by Crippen LogP contribution is -2.18. The van der Waals surface area contributed by atoms with Gasteiger partial charge >= 0.3 is 6.36 Å². The van der Waals surface area contributed by atoms with Crippen molar-refractivity contribution >= 4 is 28.2 Å². The molecule has 0 bridgehead atoms. The Kier molecular flexibility index (Phi) is 7.42. The van der Waals surface area contributed by atoms with E-state index in [9.17, 15) is 13.2 Å². The summed E-state index contributed by atoms with van der Waals surface area (Å²) in [6.45, 7) is 1.63. The molecule has 0 aliphatic heterocycles. The summed E-state index contributed by atoms with van der Waals surface area (Å²) in [5.41, 5.74) is 3.44. The number of alkyl halides is 3. The third-order valence-electron chi connectivity index (χ3n) is 5.61. The van der Waals surface area contributed by atoms with Gasteiger partial charge in [-0.15, -0.1) is 33.6 Å². The van der Waals surface area contributed by atoms with E-state index in [1.807, 2.05) is 16.7 Å². The molecular weight excluding hydrogens is 525 g/mol. The van der Waals surface area contributed by atoms with Gasteiger partial charge in [0.1, 0.15) is 30.1 Å². The summed E-state index contributed by atoms with van der Waals surface area (Å²) in [4.78, 5) is 3.22. The normalized spacial score (nSPS) is 11.8. The molecule has 5 rings (SSSR count). The van der Waals surface area contributed by atoms with Crippen LogP contribution in [-0.2, 0) is 19.4 Å². The molecule has 2 aromatic carbocycles. The summed E-state index contributed by atoms with van der Waals surface area (Å²) in [7, 11) is 0. The molecular formula is C23H22ClF3N10O. The summed E-state index contributed by atoms with van der Waals surface area (Å²) >= 11 is 5.89. The molecule has 0 amide bonds. The van der Waals surface area contributed by atoms with Gasteiger partial charge in [0, 0.05) is 43.5 Å². The fourth-order valence-corrected chi connectivity index (χ4v) is 4.09. The fourth-order valence-electron chi connectivity index (χ4n) is 3.84. The van der Waals surface area contributed by atoms with Crippen LogP contribution in [-0.4, -0.2) is 59.6 Å². The summed E-state index contributed by atoms with van der Waals surface area (Å²) in [6, 6.07) is 8.14. The molecule has 11 nitrogen and oxygen atoms in total. The third-order valence-corrected chi connectivity index (χ3v) is 5.90. The maximum absolute atomic E-state index is 12.4. The van der Waals surface area contributed by atoms with Gasteiger partial charge in [-0.2, -0.15) is 5.10 Å². The first-order chi connectivity index (χ1) is 18.3. The zero-order chi connectivity index (χ0) is 26.5. The molecule has 0 fully saturated rings. The van der Waals surface area contributed by atoms with Gasteiger partial charge in [-0.25, -0.2) is 0 Å². The minimum absolute atomic E-state index is 0.103. The van der Waals surface area contributed by atoms with Gasteiger partial charge in [0.15, 0.2) is 0 Å². The molecule has 0 saturated heterocycles. The molecule has 0 unspecified atom stereocenters. The van der Waals surface area contributed by atoms with E-state index >= 15 is 0 Å². The molecule has 0 atom stereocenters. The number of rotatable bonds is 11. The van der Waals surface area contributed by atoms with E-state index in [1.165, 1.54) is 18.2 Å². The van der Waals surface area contributed by atoms with E-state index in [0.717, 1.165) is 39.5 Å². The Hall–Kier alpha value is -4.17. The summed E-state index contributed by atoms with van der Waals surface area (Å²) in [5.74, 6) is 1.05. The van der Waals surface area contributed by atoms with E-state index in [1.54, 1.807) is 18.9 Å². The molecule has 0 radical (unpaired) electrons. The number of hydrogen-bond donors (Lipinski definition) is 4. The molecule has 3 heterocycles. The quantitative estimate of drug-likeness (QED) is 0.184. The molecule has 15 heteroatoms. The first-order valence-corrected chi connectivity index (χ1v) is 11.9. The Morgan fingerprint density at radius 1 is 1.00 bits per heavy atom. The van der Waals surface area contributed by atoms with Gasteiger partial charge in [-0.05, 0) is 29.8 Å². The molecule has 0 saturated carbocycles. The lowest BCUT2D eigenvalue weighted by Gasteiger charge is -2.11. The summed E-state index contributed by atoms with van der Waals surface area (Å²) < 4.78 is 42.8. The molecule has 0 spiro atoms. The number of ether oxygens (including phenoxy) is 1. The highest BCUT2D eigenvalue weighted by atomic mass is 35.5. The fraction of sp³-hybridized carbons (Fsp3) is 0.261. The highest BCUT2D eigenvalue weighted by Gasteiger charge is 2.32. The minimum Gasteiger partial charge on any atom is -0.404 e. The van der Waals surface area contributed by atoms with Gasteiger partial charge in [0.2, 0.25) is 0 Å². The van der Waals surface area contributed by atoms with Crippen LogP contribution in [0.25, 0.3) is 16.6 Å². The number of aromatic amines is 2. The third kappa shape index (κ3) is 6.39. The average molecular weight is 547 g/mol. The smallest absolute Gasteiger partial charge is 0.404 e.